The molecule has 2 amide bonds. The van der Waals surface area contributed by atoms with E-state index >= 15 is 0 Å². The number of aryl methyl sites for hydroxylation is 1. The number of halogens is 2. The number of carbonyl (C=O) groups is 1. The molecular formula is C16H18Cl2N6O. The average molecular weight is 381 g/mol. The first-order chi connectivity index (χ1) is 11.1. The summed E-state index contributed by atoms with van der Waals surface area (Å²) in [6, 6.07) is 8.86. The fraction of sp³-hybridized carbons (Fsp3) is 0.125. The third-order valence-electron chi connectivity index (χ3n) is 3.42. The molecular weight excluding hydrogens is 363 g/mol. The van der Waals surface area contributed by atoms with Gasteiger partial charge in [-0.2, -0.15) is 5.10 Å². The van der Waals surface area contributed by atoms with E-state index in [4.69, 9.17) is 5.73 Å². The van der Waals surface area contributed by atoms with Gasteiger partial charge in [0.15, 0.2) is 0 Å². The second-order valence-electron chi connectivity index (χ2n) is 5.08. The summed E-state index contributed by atoms with van der Waals surface area (Å²) in [5.74, 6) is 1.21. The van der Waals surface area contributed by atoms with E-state index in [2.05, 4.69) is 20.4 Å². The summed E-state index contributed by atoms with van der Waals surface area (Å²) >= 11 is 0. The van der Waals surface area contributed by atoms with E-state index in [-0.39, 0.29) is 24.8 Å². The summed E-state index contributed by atoms with van der Waals surface area (Å²) in [7, 11) is 0. The van der Waals surface area contributed by atoms with Gasteiger partial charge in [-0.25, -0.2) is 19.4 Å². The highest BCUT2D eigenvalue weighted by molar-refractivity contribution is 5.89. The highest BCUT2D eigenvalue weighted by Crippen LogP contribution is 2.29. The van der Waals surface area contributed by atoms with Crippen molar-refractivity contribution in [1.29, 1.82) is 0 Å². The van der Waals surface area contributed by atoms with Gasteiger partial charge in [0, 0.05) is 23.5 Å². The van der Waals surface area contributed by atoms with Crippen LogP contribution in [0.5, 0.6) is 0 Å². The van der Waals surface area contributed by atoms with Gasteiger partial charge in [-0.15, -0.1) is 24.8 Å². The molecule has 0 aliphatic heterocycles. The molecule has 9 heteroatoms. The summed E-state index contributed by atoms with van der Waals surface area (Å²) in [5.41, 5.74) is 8.37. The molecule has 0 atom stereocenters. The highest BCUT2D eigenvalue weighted by atomic mass is 35.5. The van der Waals surface area contributed by atoms with Gasteiger partial charge in [-0.1, -0.05) is 18.2 Å². The number of primary amides is 1. The van der Waals surface area contributed by atoms with Crippen molar-refractivity contribution in [3.05, 3.63) is 54.1 Å². The summed E-state index contributed by atoms with van der Waals surface area (Å²) in [5, 5.41) is 7.24. The number of urea groups is 1. The zero-order valence-electron chi connectivity index (χ0n) is 13.6. The predicted octanol–water partition coefficient (Wildman–Crippen LogP) is 3.28. The van der Waals surface area contributed by atoms with Crippen LogP contribution in [0.25, 0.3) is 16.9 Å². The predicted molar refractivity (Wildman–Crippen MR) is 102 cm³/mol. The number of para-hydroxylation sites is 1. The lowest BCUT2D eigenvalue weighted by molar-refractivity contribution is 0.259. The van der Waals surface area contributed by atoms with E-state index in [1.54, 1.807) is 17.1 Å². The Morgan fingerprint density at radius 2 is 1.68 bits per heavy atom. The molecule has 0 fully saturated rings. The molecule has 0 spiro atoms. The van der Waals surface area contributed by atoms with Crippen LogP contribution in [0.15, 0.2) is 42.7 Å². The number of carbonyl (C=O) groups excluding carboxylic acids is 1. The van der Waals surface area contributed by atoms with E-state index < -0.39 is 6.03 Å². The third-order valence-corrected chi connectivity index (χ3v) is 3.42. The Bertz CT molecular complexity index is 849. The quantitative estimate of drug-likeness (QED) is 0.727. The maximum absolute atomic E-state index is 11.3. The molecule has 0 aliphatic carbocycles. The second kappa shape index (κ2) is 8.46. The van der Waals surface area contributed by atoms with Crippen LogP contribution in [0.4, 0.5) is 10.6 Å². The van der Waals surface area contributed by atoms with Crippen molar-refractivity contribution < 1.29 is 4.79 Å². The van der Waals surface area contributed by atoms with Gasteiger partial charge < -0.3 is 5.73 Å². The zero-order valence-corrected chi connectivity index (χ0v) is 15.3. The number of nitrogens with one attached hydrogen (secondary N) is 1. The van der Waals surface area contributed by atoms with Crippen LogP contribution in [-0.2, 0) is 0 Å². The largest absolute Gasteiger partial charge is 0.351 e. The molecule has 0 unspecified atom stereocenters. The van der Waals surface area contributed by atoms with E-state index in [1.807, 2.05) is 44.2 Å². The second-order valence-corrected chi connectivity index (χ2v) is 5.08. The first-order valence-corrected chi connectivity index (χ1v) is 7.07. The lowest BCUT2D eigenvalue weighted by Crippen LogP contribution is -2.21. The van der Waals surface area contributed by atoms with Crippen molar-refractivity contribution >= 4 is 36.7 Å². The standard InChI is InChI=1S/C16H16N6O.2ClH/c1-10-14(12-8-18-11(2)19-9-12)21-22(15(10)20-16(17)23)13-6-4-3-5-7-13;;/h3-9H,1-2H3,(H3,17,20,23);2*1H. The van der Waals surface area contributed by atoms with Crippen molar-refractivity contribution in [2.75, 3.05) is 5.32 Å². The lowest BCUT2D eigenvalue weighted by Gasteiger charge is -2.07. The Hall–Kier alpha value is -2.64. The van der Waals surface area contributed by atoms with Gasteiger partial charge >= 0.3 is 6.03 Å². The van der Waals surface area contributed by atoms with Crippen molar-refractivity contribution in [3.63, 3.8) is 0 Å². The van der Waals surface area contributed by atoms with Crippen molar-refractivity contribution in [2.24, 2.45) is 5.73 Å². The molecule has 0 bridgehead atoms. The molecule has 132 valence electrons. The molecule has 0 saturated heterocycles. The fourth-order valence-corrected chi connectivity index (χ4v) is 2.30. The Morgan fingerprint density at radius 3 is 2.24 bits per heavy atom. The van der Waals surface area contributed by atoms with Crippen molar-refractivity contribution in [3.8, 4) is 16.9 Å². The van der Waals surface area contributed by atoms with Gasteiger partial charge in [0.2, 0.25) is 0 Å². The number of nitrogens with zero attached hydrogens (tertiary/aromatic N) is 4. The molecule has 25 heavy (non-hydrogen) atoms. The summed E-state index contributed by atoms with van der Waals surface area (Å²) in [4.78, 5) is 19.7. The van der Waals surface area contributed by atoms with E-state index in [9.17, 15) is 4.79 Å². The average Bonchev–Trinajstić information content (AvgIpc) is 2.86. The number of hydrogen-bond donors (Lipinski definition) is 2. The first kappa shape index (κ1) is 20.4. The Balaban J connectivity index is 0.00000156. The third kappa shape index (κ3) is 4.26. The van der Waals surface area contributed by atoms with Crippen LogP contribution in [0.1, 0.15) is 11.4 Å². The lowest BCUT2D eigenvalue weighted by atomic mass is 10.1. The maximum atomic E-state index is 11.3. The van der Waals surface area contributed by atoms with Crippen LogP contribution in [0.3, 0.4) is 0 Å². The van der Waals surface area contributed by atoms with Crippen molar-refractivity contribution in [2.45, 2.75) is 13.8 Å². The van der Waals surface area contributed by atoms with Gasteiger partial charge in [-0.3, -0.25) is 5.32 Å². The number of anilines is 1. The number of amides is 2. The Morgan fingerprint density at radius 1 is 1.08 bits per heavy atom. The molecule has 3 N–H and O–H groups in total. The summed E-state index contributed by atoms with van der Waals surface area (Å²) < 4.78 is 1.65. The van der Waals surface area contributed by atoms with Crippen LogP contribution in [0.2, 0.25) is 0 Å². The van der Waals surface area contributed by atoms with Gasteiger partial charge in [0.1, 0.15) is 17.3 Å². The van der Waals surface area contributed by atoms with E-state index in [1.165, 1.54) is 0 Å². The van der Waals surface area contributed by atoms with E-state index in [0.29, 0.717) is 17.3 Å². The minimum absolute atomic E-state index is 0. The molecule has 1 aromatic carbocycles. The Kier molecular flexibility index (Phi) is 6.90. The number of aromatic nitrogens is 4. The molecule has 2 aromatic heterocycles. The number of rotatable bonds is 3. The number of benzene rings is 1. The molecule has 2 heterocycles. The highest BCUT2D eigenvalue weighted by Gasteiger charge is 2.18. The summed E-state index contributed by atoms with van der Waals surface area (Å²) in [6.07, 6.45) is 3.42. The molecule has 0 saturated carbocycles. The molecule has 3 aromatic rings. The minimum Gasteiger partial charge on any atom is -0.351 e. The van der Waals surface area contributed by atoms with Crippen LogP contribution in [-0.4, -0.2) is 25.8 Å². The van der Waals surface area contributed by atoms with Crippen molar-refractivity contribution in [1.82, 2.24) is 19.7 Å². The Labute approximate surface area is 157 Å². The topological polar surface area (TPSA) is 98.7 Å². The van der Waals surface area contributed by atoms with Gasteiger partial charge in [0.25, 0.3) is 0 Å². The van der Waals surface area contributed by atoms with Gasteiger partial charge in [-0.05, 0) is 26.0 Å². The molecule has 0 radical (unpaired) electrons. The monoisotopic (exact) mass is 380 g/mol. The number of nitrogens with two attached hydrogens (primary N) is 1. The molecule has 7 nitrogen and oxygen atoms in total. The maximum Gasteiger partial charge on any atom is 0.317 e. The van der Waals surface area contributed by atoms with Crippen LogP contribution in [0, 0.1) is 13.8 Å². The van der Waals surface area contributed by atoms with Crippen LogP contribution >= 0.6 is 24.8 Å². The smallest absolute Gasteiger partial charge is 0.317 e. The first-order valence-electron chi connectivity index (χ1n) is 7.07. The minimum atomic E-state index is -0.642. The molecule has 3 rings (SSSR count). The fourth-order valence-electron chi connectivity index (χ4n) is 2.30. The van der Waals surface area contributed by atoms with E-state index in [0.717, 1.165) is 16.8 Å². The molecule has 0 aliphatic rings. The normalized spacial score (nSPS) is 9.68. The van der Waals surface area contributed by atoms with Gasteiger partial charge in [0.05, 0.1) is 5.69 Å². The number of hydrogen-bond acceptors (Lipinski definition) is 4. The SMILES string of the molecule is Cc1ncc(-c2nn(-c3ccccc3)c(NC(N)=O)c2C)cn1.Cl.Cl. The van der Waals surface area contributed by atoms with Crippen LogP contribution < -0.4 is 11.1 Å². The zero-order chi connectivity index (χ0) is 16.4. The summed E-state index contributed by atoms with van der Waals surface area (Å²) in [6.45, 7) is 3.69.